The summed E-state index contributed by atoms with van der Waals surface area (Å²) in [5.41, 5.74) is 6.65. The van der Waals surface area contributed by atoms with Gasteiger partial charge in [0.1, 0.15) is 11.8 Å². The van der Waals surface area contributed by atoms with Gasteiger partial charge in [-0.15, -0.1) is 0 Å². The summed E-state index contributed by atoms with van der Waals surface area (Å²) in [4.78, 5) is 39.5. The van der Waals surface area contributed by atoms with Gasteiger partial charge >= 0.3 is 6.09 Å². The van der Waals surface area contributed by atoms with Crippen LogP contribution in [0, 0.1) is 5.92 Å². The molecule has 8 heteroatoms. The molecule has 2 aromatic rings. The molecule has 1 aliphatic heterocycles. The molecule has 0 aliphatic carbocycles. The average Bonchev–Trinajstić information content (AvgIpc) is 2.72. The van der Waals surface area contributed by atoms with E-state index in [1.807, 2.05) is 19.9 Å². The second kappa shape index (κ2) is 9.41. The van der Waals surface area contributed by atoms with E-state index in [-0.39, 0.29) is 17.7 Å². The third-order valence-electron chi connectivity index (χ3n) is 4.66. The van der Waals surface area contributed by atoms with Gasteiger partial charge in [-0.1, -0.05) is 32.0 Å². The minimum atomic E-state index is -0.717. The summed E-state index contributed by atoms with van der Waals surface area (Å²) in [5, 5.41) is 5.51. The molecule has 2 aromatic carbocycles. The van der Waals surface area contributed by atoms with Crippen LogP contribution in [0.5, 0.6) is 5.75 Å². The maximum Gasteiger partial charge on any atom is 0.420 e. The first kappa shape index (κ1) is 21.3. The van der Waals surface area contributed by atoms with E-state index in [4.69, 9.17) is 10.5 Å². The highest BCUT2D eigenvalue weighted by atomic mass is 16.6. The zero-order valence-electron chi connectivity index (χ0n) is 17.1. The van der Waals surface area contributed by atoms with E-state index in [2.05, 4.69) is 10.6 Å². The second-order valence-corrected chi connectivity index (χ2v) is 7.46. The summed E-state index contributed by atoms with van der Waals surface area (Å²) in [7, 11) is 0. The molecule has 0 bridgehead atoms. The highest BCUT2D eigenvalue weighted by molar-refractivity contribution is 6.11. The van der Waals surface area contributed by atoms with Crippen molar-refractivity contribution in [3.63, 3.8) is 0 Å². The summed E-state index contributed by atoms with van der Waals surface area (Å²) in [6.07, 6.45) is -0.184. The van der Waals surface area contributed by atoms with Crippen molar-refractivity contribution in [3.8, 4) is 5.75 Å². The topological polar surface area (TPSA) is 114 Å². The number of nitrogens with one attached hydrogen (secondary N) is 2. The average molecular weight is 410 g/mol. The zero-order valence-corrected chi connectivity index (χ0v) is 17.1. The summed E-state index contributed by atoms with van der Waals surface area (Å²) in [6, 6.07) is 12.8. The lowest BCUT2D eigenvalue weighted by Crippen LogP contribution is -2.52. The van der Waals surface area contributed by atoms with Gasteiger partial charge in [0.05, 0.1) is 11.4 Å². The van der Waals surface area contributed by atoms with Gasteiger partial charge in [0.15, 0.2) is 0 Å². The van der Waals surface area contributed by atoms with E-state index >= 15 is 0 Å². The number of para-hydroxylation sites is 1. The van der Waals surface area contributed by atoms with Crippen molar-refractivity contribution in [1.29, 1.82) is 0 Å². The minimum absolute atomic E-state index is 0.177. The number of hydrogen-bond acceptors (Lipinski definition) is 5. The Morgan fingerprint density at radius 1 is 1.20 bits per heavy atom. The normalized spacial score (nSPS) is 15.4. The van der Waals surface area contributed by atoms with E-state index in [1.165, 1.54) is 4.90 Å². The van der Waals surface area contributed by atoms with Gasteiger partial charge in [0, 0.05) is 18.7 Å². The number of hydrogen-bond donors (Lipinski definition) is 3. The largest absolute Gasteiger partial charge is 0.420 e. The van der Waals surface area contributed by atoms with Crippen molar-refractivity contribution in [3.05, 3.63) is 54.1 Å². The lowest BCUT2D eigenvalue weighted by Gasteiger charge is -2.36. The lowest BCUT2D eigenvalue weighted by atomic mass is 9.98. The van der Waals surface area contributed by atoms with E-state index < -0.39 is 12.1 Å². The number of anilines is 2. The van der Waals surface area contributed by atoms with E-state index in [0.717, 1.165) is 0 Å². The summed E-state index contributed by atoms with van der Waals surface area (Å²) in [5.74, 6) is -0.0623. The molecule has 0 fully saturated rings. The molecular formula is C22H26N4O4. The van der Waals surface area contributed by atoms with Gasteiger partial charge < -0.3 is 21.1 Å². The number of carbonyl (C=O) groups excluding carboxylic acids is 3. The van der Waals surface area contributed by atoms with Gasteiger partial charge in [-0.05, 0) is 42.7 Å². The van der Waals surface area contributed by atoms with Crippen LogP contribution in [0.1, 0.15) is 30.6 Å². The molecule has 0 radical (unpaired) electrons. The predicted octanol–water partition coefficient (Wildman–Crippen LogP) is 2.75. The van der Waals surface area contributed by atoms with E-state index in [9.17, 15) is 14.4 Å². The SMILES string of the molecule is CC(C)CC1C(=O)Nc2cc(C(=O)NCCN)ccc2N1C(=O)Oc1ccccc1. The number of nitrogens with zero attached hydrogens (tertiary/aromatic N) is 1. The Bertz CT molecular complexity index is 930. The number of nitrogens with two attached hydrogens (primary N) is 1. The Kier molecular flexibility index (Phi) is 6.68. The van der Waals surface area contributed by atoms with Crippen molar-refractivity contribution in [2.24, 2.45) is 11.7 Å². The van der Waals surface area contributed by atoms with Crippen LogP contribution in [0.2, 0.25) is 0 Å². The molecule has 1 unspecified atom stereocenters. The molecule has 158 valence electrons. The molecule has 0 spiro atoms. The van der Waals surface area contributed by atoms with E-state index in [1.54, 1.807) is 42.5 Å². The highest BCUT2D eigenvalue weighted by Gasteiger charge is 2.38. The van der Waals surface area contributed by atoms with Gasteiger partial charge in [-0.25, -0.2) is 4.79 Å². The highest BCUT2D eigenvalue weighted by Crippen LogP contribution is 2.35. The summed E-state index contributed by atoms with van der Waals surface area (Å²) >= 11 is 0. The summed E-state index contributed by atoms with van der Waals surface area (Å²) < 4.78 is 5.52. The molecule has 1 atom stereocenters. The van der Waals surface area contributed by atoms with Crippen LogP contribution >= 0.6 is 0 Å². The first-order chi connectivity index (χ1) is 14.4. The number of rotatable bonds is 6. The maximum atomic E-state index is 13.1. The van der Waals surface area contributed by atoms with Crippen LogP contribution in [-0.4, -0.2) is 37.0 Å². The number of benzene rings is 2. The monoisotopic (exact) mass is 410 g/mol. The second-order valence-electron chi connectivity index (χ2n) is 7.46. The number of amides is 3. The van der Waals surface area contributed by atoms with Crippen molar-refractivity contribution in [2.45, 2.75) is 26.3 Å². The standard InChI is InChI=1S/C22H26N4O4/c1-14(2)12-19-21(28)25-17-13-15(20(27)24-11-10-23)8-9-18(17)26(19)22(29)30-16-6-4-3-5-7-16/h3-9,13-14,19H,10-12,23H2,1-2H3,(H,24,27)(H,25,28). The Hall–Kier alpha value is -3.39. The molecule has 0 saturated carbocycles. The predicted molar refractivity (Wildman–Crippen MR) is 115 cm³/mol. The first-order valence-corrected chi connectivity index (χ1v) is 9.90. The lowest BCUT2D eigenvalue weighted by molar-refractivity contribution is -0.118. The minimum Gasteiger partial charge on any atom is -0.410 e. The van der Waals surface area contributed by atoms with Crippen LogP contribution in [0.15, 0.2) is 48.5 Å². The van der Waals surface area contributed by atoms with Crippen LogP contribution < -0.4 is 26.0 Å². The molecule has 4 N–H and O–H groups in total. The molecule has 0 saturated heterocycles. The summed E-state index contributed by atoms with van der Waals surface area (Å²) in [6.45, 7) is 4.63. The van der Waals surface area contributed by atoms with Crippen molar-refractivity contribution < 1.29 is 19.1 Å². The molecule has 3 rings (SSSR count). The molecular weight excluding hydrogens is 384 g/mol. The molecule has 1 heterocycles. The van der Waals surface area contributed by atoms with Crippen molar-refractivity contribution in [2.75, 3.05) is 23.3 Å². The first-order valence-electron chi connectivity index (χ1n) is 9.90. The smallest absolute Gasteiger partial charge is 0.410 e. The van der Waals surface area contributed by atoms with Gasteiger partial charge in [-0.2, -0.15) is 0 Å². The van der Waals surface area contributed by atoms with Crippen molar-refractivity contribution >= 4 is 29.3 Å². The fourth-order valence-corrected chi connectivity index (χ4v) is 3.30. The molecule has 30 heavy (non-hydrogen) atoms. The number of carbonyl (C=O) groups is 3. The van der Waals surface area contributed by atoms with E-state index in [0.29, 0.717) is 42.2 Å². The van der Waals surface area contributed by atoms with Crippen LogP contribution in [0.3, 0.4) is 0 Å². The molecule has 1 aliphatic rings. The zero-order chi connectivity index (χ0) is 21.7. The third kappa shape index (κ3) is 4.77. The Labute approximate surface area is 175 Å². The van der Waals surface area contributed by atoms with Crippen molar-refractivity contribution in [1.82, 2.24) is 5.32 Å². The fraction of sp³-hybridized carbons (Fsp3) is 0.318. The Balaban J connectivity index is 1.95. The van der Waals surface area contributed by atoms with Gasteiger partial charge in [0.25, 0.3) is 5.91 Å². The number of fused-ring (bicyclic) bond motifs is 1. The Morgan fingerprint density at radius 2 is 1.93 bits per heavy atom. The quantitative estimate of drug-likeness (QED) is 0.678. The number of ether oxygens (including phenoxy) is 1. The fourth-order valence-electron chi connectivity index (χ4n) is 3.30. The molecule has 0 aromatic heterocycles. The van der Waals surface area contributed by atoms with Gasteiger partial charge in [0.2, 0.25) is 5.91 Å². The maximum absolute atomic E-state index is 13.1. The van der Waals surface area contributed by atoms with Gasteiger partial charge in [-0.3, -0.25) is 14.5 Å². The van der Waals surface area contributed by atoms with Crippen LogP contribution in [0.25, 0.3) is 0 Å². The Morgan fingerprint density at radius 3 is 2.60 bits per heavy atom. The van der Waals surface area contributed by atoms with Crippen LogP contribution in [0.4, 0.5) is 16.2 Å². The third-order valence-corrected chi connectivity index (χ3v) is 4.66. The van der Waals surface area contributed by atoms with Crippen LogP contribution in [-0.2, 0) is 4.79 Å². The molecule has 3 amide bonds. The molecule has 8 nitrogen and oxygen atoms in total.